The van der Waals surface area contributed by atoms with Crippen molar-refractivity contribution in [3.8, 4) is 44.5 Å². The quantitative estimate of drug-likeness (QED) is 0.182. The lowest BCUT2D eigenvalue weighted by Crippen LogP contribution is -2.16. The first-order valence-electron chi connectivity index (χ1n) is 34.6. The third-order valence-corrected chi connectivity index (χ3v) is 19.7. The first-order chi connectivity index (χ1) is 44.6. The van der Waals surface area contributed by atoms with Gasteiger partial charge in [-0.3, -0.25) is 0 Å². The van der Waals surface area contributed by atoms with Gasteiger partial charge < -0.3 is 9.97 Å². The van der Waals surface area contributed by atoms with E-state index in [4.69, 9.17) is 29.9 Å². The highest BCUT2D eigenvalue weighted by Gasteiger charge is 2.32. The zero-order valence-electron chi connectivity index (χ0n) is 61.5. The molecule has 0 saturated heterocycles. The number of rotatable bonds is 4. The molecule has 0 amide bonds. The van der Waals surface area contributed by atoms with Gasteiger partial charge in [-0.2, -0.15) is 0 Å². The van der Waals surface area contributed by atoms with Crippen molar-refractivity contribution in [2.45, 2.75) is 209 Å². The molecule has 2 N–H and O–H groups in total. The molecule has 7 heterocycles. The largest absolute Gasteiger partial charge is 0.351 e. The van der Waals surface area contributed by atoms with Gasteiger partial charge >= 0.3 is 0 Å². The lowest BCUT2D eigenvalue weighted by Gasteiger charge is -2.26. The number of fused-ring (bicyclic) bond motifs is 16. The van der Waals surface area contributed by atoms with E-state index < -0.39 is 0 Å². The second kappa shape index (κ2) is 22.3. The van der Waals surface area contributed by atoms with Crippen molar-refractivity contribution in [3.63, 3.8) is 0 Å². The predicted molar refractivity (Wildman–Crippen MR) is 411 cm³/mol. The summed E-state index contributed by atoms with van der Waals surface area (Å²) in [5.74, 6) is 0. The molecule has 0 fully saturated rings. The minimum atomic E-state index is -0.205. The van der Waals surface area contributed by atoms with Crippen molar-refractivity contribution < 1.29 is 0 Å². The normalized spacial score (nSPS) is 13.8. The maximum Gasteiger partial charge on any atom is 0.116 e. The van der Waals surface area contributed by atoms with E-state index in [2.05, 4.69) is 322 Å². The molecule has 0 atom stereocenters. The number of para-hydroxylation sites is 4. The monoisotopic (exact) mass is 1270 g/mol. The van der Waals surface area contributed by atoms with E-state index in [1.807, 2.05) is 0 Å². The van der Waals surface area contributed by atoms with Crippen LogP contribution >= 0.6 is 0 Å². The third kappa shape index (κ3) is 12.1. The Labute approximate surface area is 569 Å². The number of H-pyrrole nitrogens is 2. The van der Waals surface area contributed by atoms with Gasteiger partial charge in [0.05, 0.1) is 66.9 Å². The van der Waals surface area contributed by atoms with Gasteiger partial charge in [-0.05, 0) is 159 Å². The molecule has 0 spiro atoms. The van der Waals surface area contributed by atoms with E-state index in [-0.39, 0.29) is 43.3 Å². The van der Waals surface area contributed by atoms with Crippen LogP contribution in [0.1, 0.15) is 233 Å². The van der Waals surface area contributed by atoms with Gasteiger partial charge in [-0.1, -0.05) is 263 Å². The van der Waals surface area contributed by atoms with Gasteiger partial charge in [-0.15, -0.1) is 0 Å². The molecule has 13 rings (SSSR count). The van der Waals surface area contributed by atoms with Crippen LogP contribution in [0, 0.1) is 0 Å². The fraction of sp³-hybridized carbons (Fsp3) is 0.364. The summed E-state index contributed by atoms with van der Waals surface area (Å²) in [5.41, 5.74) is 28.7. The van der Waals surface area contributed by atoms with Crippen LogP contribution in [-0.2, 0) is 43.3 Å². The molecule has 8 heteroatoms. The van der Waals surface area contributed by atoms with Gasteiger partial charge in [0, 0.05) is 22.3 Å². The third-order valence-electron chi connectivity index (χ3n) is 19.7. The number of hydrogen-bond acceptors (Lipinski definition) is 6. The first kappa shape index (κ1) is 65.8. The molecular weight excluding hydrogens is 1170 g/mol. The van der Waals surface area contributed by atoms with Gasteiger partial charge in [0.15, 0.2) is 0 Å². The van der Waals surface area contributed by atoms with Crippen LogP contribution in [0.25, 0.3) is 135 Å². The van der Waals surface area contributed by atoms with Crippen molar-refractivity contribution in [3.05, 3.63) is 189 Å². The van der Waals surface area contributed by atoms with Gasteiger partial charge in [0.2, 0.25) is 0 Å². The lowest BCUT2D eigenvalue weighted by atomic mass is 9.78. The molecule has 0 saturated carbocycles. The Morgan fingerprint density at radius 1 is 0.219 bits per heavy atom. The minimum Gasteiger partial charge on any atom is -0.351 e. The average molecular weight is 1270 g/mol. The molecule has 2 aliphatic heterocycles. The Morgan fingerprint density at radius 2 is 0.385 bits per heavy atom. The Morgan fingerprint density at radius 3 is 0.542 bits per heavy atom. The SMILES string of the molecule is CC(C)(C)c1cc(-c2c3nc(c(-c4cc(C(C)(C)C)cc(C(C)(C)C)c4)c4[nH]c(c(-c5cc(C(C)(C)C)cc(C(C)(C)C)c5)c5nc(c(-c6cc(C(C)(C)C)cc(C(C)(C)C)c6)c6[nH]c2c2nc7ccccc7nc62)C=C5)c2nc5ccccc5nc42)C=C3)cc(C(C)(C)C)c1. The molecule has 8 bridgehead atoms. The van der Waals surface area contributed by atoms with Gasteiger partial charge in [0.25, 0.3) is 0 Å². The van der Waals surface area contributed by atoms with Crippen LogP contribution in [0.3, 0.4) is 0 Å². The Bertz CT molecular complexity index is 4510. The maximum absolute atomic E-state index is 6.11. The van der Waals surface area contributed by atoms with Crippen molar-refractivity contribution in [2.75, 3.05) is 0 Å². The number of aromatic nitrogens is 8. The lowest BCUT2D eigenvalue weighted by molar-refractivity contribution is 0.568. The van der Waals surface area contributed by atoms with E-state index in [1.54, 1.807) is 0 Å². The zero-order chi connectivity index (χ0) is 69.1. The number of aromatic amines is 2. The minimum absolute atomic E-state index is 0.205. The van der Waals surface area contributed by atoms with Crippen molar-refractivity contribution in [2.24, 2.45) is 0 Å². The fourth-order valence-electron chi connectivity index (χ4n) is 13.4. The van der Waals surface area contributed by atoms with Crippen LogP contribution in [0.4, 0.5) is 0 Å². The summed E-state index contributed by atoms with van der Waals surface area (Å²) in [5, 5.41) is 0. The van der Waals surface area contributed by atoms with Crippen LogP contribution in [0.2, 0.25) is 0 Å². The first-order valence-corrected chi connectivity index (χ1v) is 34.6. The fourth-order valence-corrected chi connectivity index (χ4v) is 13.4. The predicted octanol–water partition coefficient (Wildman–Crippen LogP) is 23.9. The van der Waals surface area contributed by atoms with E-state index in [0.29, 0.717) is 0 Å². The molecule has 96 heavy (non-hydrogen) atoms. The molecule has 6 aromatic carbocycles. The average Bonchev–Trinajstić information content (AvgIpc) is 1.56. The van der Waals surface area contributed by atoms with E-state index in [0.717, 1.165) is 133 Å². The summed E-state index contributed by atoms with van der Waals surface area (Å²) in [6.45, 7) is 55.5. The van der Waals surface area contributed by atoms with Crippen molar-refractivity contribution in [1.82, 2.24) is 39.9 Å². The van der Waals surface area contributed by atoms with Crippen LogP contribution in [-0.4, -0.2) is 39.9 Å². The van der Waals surface area contributed by atoms with Crippen molar-refractivity contribution in [1.29, 1.82) is 0 Å². The van der Waals surface area contributed by atoms with Crippen LogP contribution < -0.4 is 0 Å². The van der Waals surface area contributed by atoms with Crippen LogP contribution in [0.15, 0.2) is 121 Å². The highest BCUT2D eigenvalue weighted by molar-refractivity contribution is 6.17. The summed E-state index contributed by atoms with van der Waals surface area (Å²) in [4.78, 5) is 43.9. The molecule has 2 aliphatic rings. The summed E-state index contributed by atoms with van der Waals surface area (Å²) in [6, 6.07) is 45.3. The van der Waals surface area contributed by atoms with Gasteiger partial charge in [-0.25, -0.2) is 29.9 Å². The summed E-state index contributed by atoms with van der Waals surface area (Å²) in [7, 11) is 0. The molecule has 5 aromatic heterocycles. The number of benzene rings is 6. The smallest absolute Gasteiger partial charge is 0.116 e. The number of hydrogen-bond donors (Lipinski definition) is 2. The summed E-state index contributed by atoms with van der Waals surface area (Å²) < 4.78 is 0. The highest BCUT2D eigenvalue weighted by Crippen LogP contribution is 2.48. The Balaban J connectivity index is 1.39. The number of nitrogens with one attached hydrogen (secondary N) is 2. The molecule has 490 valence electrons. The molecule has 0 radical (unpaired) electrons. The van der Waals surface area contributed by atoms with E-state index in [1.165, 1.54) is 44.5 Å². The summed E-state index contributed by atoms with van der Waals surface area (Å²) >= 11 is 0. The number of nitrogens with zero attached hydrogens (tertiary/aromatic N) is 6. The van der Waals surface area contributed by atoms with E-state index >= 15 is 0 Å². The zero-order valence-corrected chi connectivity index (χ0v) is 61.5. The second-order valence-electron chi connectivity index (χ2n) is 35.7. The Kier molecular flexibility index (Phi) is 15.3. The Hall–Kier alpha value is -8.88. The van der Waals surface area contributed by atoms with Crippen LogP contribution in [0.5, 0.6) is 0 Å². The van der Waals surface area contributed by atoms with Crippen molar-refractivity contribution >= 4 is 90.5 Å². The van der Waals surface area contributed by atoms with E-state index in [9.17, 15) is 0 Å². The second-order valence-corrected chi connectivity index (χ2v) is 35.7. The summed E-state index contributed by atoms with van der Waals surface area (Å²) in [6.07, 6.45) is 8.93. The molecule has 0 aliphatic carbocycles. The topological polar surface area (TPSA) is 109 Å². The molecular formula is C88H98N8. The highest BCUT2D eigenvalue weighted by atomic mass is 14.9. The molecule has 8 nitrogen and oxygen atoms in total. The standard InChI is InChI=1S/C88H98N8/c1-81(2,3)53-37-49(38-54(45-53)82(4,5)6)69-65-33-34-66(89-65)70(50-39-55(83(7,8)9)46-56(40-50)84(10,11)12)75-79-80(94-64-32-28-27-31-63(64)93-79)76(96-75)72(52-43-59(87(19,20)21)48-60(44-52)88(22,23)24)68-36-35-67(90-68)71(51-41-57(85(13,14)15)47-58(42-51)86(16,17)18)74-78-77(73(69)95-74)91-61-29-25-26-30-62(61)92-78/h25-48,95-96H,1-24H3. The molecule has 11 aromatic rings. The molecule has 0 unspecified atom stereocenters. The van der Waals surface area contributed by atoms with Gasteiger partial charge in [0.1, 0.15) is 22.1 Å². The maximum atomic E-state index is 6.11.